The van der Waals surface area contributed by atoms with E-state index >= 15 is 0 Å². The number of aryl methyl sites for hydroxylation is 4. The van der Waals surface area contributed by atoms with Crippen LogP contribution in [0, 0.1) is 27.7 Å². The third-order valence-electron chi connectivity index (χ3n) is 16.7. The lowest BCUT2D eigenvalue weighted by atomic mass is 9.93. The van der Waals surface area contributed by atoms with Crippen LogP contribution in [0.4, 0.5) is 0 Å². The zero-order chi connectivity index (χ0) is 61.4. The second-order valence-electron chi connectivity index (χ2n) is 23.1. The maximum absolute atomic E-state index is 2.29. The lowest BCUT2D eigenvalue weighted by Gasteiger charge is -2.11. The summed E-state index contributed by atoms with van der Waals surface area (Å²) in [5.41, 5.74) is 27.9. The minimum atomic E-state index is 1.24. The van der Waals surface area contributed by atoms with E-state index in [0.29, 0.717) is 0 Å². The fraction of sp³-hybridized carbons (Fsp3) is 0.0444. The molecule has 0 atom stereocenters. The van der Waals surface area contributed by atoms with E-state index in [0.717, 1.165) is 0 Å². The fourth-order valence-corrected chi connectivity index (χ4v) is 11.6. The maximum Gasteiger partial charge on any atom is -0.0105 e. The Morgan fingerprint density at radius 2 is 0.400 bits per heavy atom. The highest BCUT2D eigenvalue weighted by Crippen LogP contribution is 2.36. The van der Waals surface area contributed by atoms with E-state index in [-0.39, 0.29) is 0 Å². The Morgan fingerprint density at radius 1 is 0.144 bits per heavy atom. The molecule has 90 heavy (non-hydrogen) atoms. The molecule has 0 aliphatic rings. The molecule has 0 N–H and O–H groups in total. The van der Waals surface area contributed by atoms with Crippen LogP contribution in [0.2, 0.25) is 0 Å². The molecule has 0 aliphatic carbocycles. The van der Waals surface area contributed by atoms with Crippen LogP contribution in [0.5, 0.6) is 0 Å². The average Bonchev–Trinajstić information content (AvgIpc) is 2.07. The molecule has 0 radical (unpaired) electrons. The van der Waals surface area contributed by atoms with Gasteiger partial charge < -0.3 is 0 Å². The first-order valence-corrected chi connectivity index (χ1v) is 31.1. The lowest BCUT2D eigenvalue weighted by Crippen LogP contribution is -1.86. The van der Waals surface area contributed by atoms with Crippen molar-refractivity contribution in [1.29, 1.82) is 0 Å². The van der Waals surface area contributed by atoms with E-state index in [4.69, 9.17) is 0 Å². The maximum atomic E-state index is 2.29. The SMILES string of the molecule is Cc1cc(-c2ccc(-c3cccc4ccccc34)cc2)cc2ccccc12.Cc1ccc(-c2cc(-c3ccccc3)cc(-c3ccccc3)c2)cc1.Cc1ccc(-c2ccc(-c3ccccc3)cc2)cc1.Cc1ccc(-c2cccc(-c3ccccc3)c2)cc1. The molecule has 15 rings (SSSR count). The summed E-state index contributed by atoms with van der Waals surface area (Å²) >= 11 is 0. The molecule has 0 amide bonds. The summed E-state index contributed by atoms with van der Waals surface area (Å²) in [6.45, 7) is 8.54. The van der Waals surface area contributed by atoms with Crippen LogP contribution in [0.3, 0.4) is 0 Å². The van der Waals surface area contributed by atoms with Gasteiger partial charge in [-0.1, -0.05) is 350 Å². The lowest BCUT2D eigenvalue weighted by molar-refractivity contribution is 1.47. The molecule has 0 unspecified atom stereocenters. The van der Waals surface area contributed by atoms with Gasteiger partial charge in [0.05, 0.1) is 0 Å². The Labute approximate surface area is 532 Å². The molecule has 0 aliphatic heterocycles. The highest BCUT2D eigenvalue weighted by molar-refractivity contribution is 5.97. The molecule has 15 aromatic rings. The first kappa shape index (κ1) is 59.2. The van der Waals surface area contributed by atoms with Gasteiger partial charge in [-0.15, -0.1) is 0 Å². The number of benzene rings is 15. The molecule has 0 spiro atoms. The predicted molar refractivity (Wildman–Crippen MR) is 389 cm³/mol. The summed E-state index contributed by atoms with van der Waals surface area (Å²) in [6.07, 6.45) is 0. The van der Waals surface area contributed by atoms with Gasteiger partial charge in [0.25, 0.3) is 0 Å². The highest BCUT2D eigenvalue weighted by atomic mass is 14.1. The molecule has 432 valence electrons. The van der Waals surface area contributed by atoms with Crippen molar-refractivity contribution in [2.75, 3.05) is 0 Å². The van der Waals surface area contributed by atoms with Crippen molar-refractivity contribution in [1.82, 2.24) is 0 Å². The van der Waals surface area contributed by atoms with Crippen LogP contribution in [0.15, 0.2) is 364 Å². The molecule has 0 saturated heterocycles. The van der Waals surface area contributed by atoms with Gasteiger partial charge in [-0.3, -0.25) is 0 Å². The number of fused-ring (bicyclic) bond motifs is 2. The van der Waals surface area contributed by atoms with Crippen molar-refractivity contribution in [2.24, 2.45) is 0 Å². The highest BCUT2D eigenvalue weighted by Gasteiger charge is 2.10. The minimum Gasteiger partial charge on any atom is -0.0622 e. The fourth-order valence-electron chi connectivity index (χ4n) is 11.6. The Hall–Kier alpha value is -11.2. The second kappa shape index (κ2) is 28.6. The van der Waals surface area contributed by atoms with Crippen molar-refractivity contribution in [3.8, 4) is 100 Å². The van der Waals surface area contributed by atoms with Crippen LogP contribution in [0.1, 0.15) is 22.3 Å². The van der Waals surface area contributed by atoms with Crippen LogP contribution in [-0.2, 0) is 0 Å². The van der Waals surface area contributed by atoms with E-state index in [2.05, 4.69) is 380 Å². The van der Waals surface area contributed by atoms with Crippen molar-refractivity contribution < 1.29 is 0 Å². The minimum absolute atomic E-state index is 1.24. The molecule has 15 aromatic carbocycles. The van der Waals surface area contributed by atoms with Gasteiger partial charge in [0.15, 0.2) is 0 Å². The summed E-state index contributed by atoms with van der Waals surface area (Å²) in [4.78, 5) is 0. The van der Waals surface area contributed by atoms with Gasteiger partial charge >= 0.3 is 0 Å². The standard InChI is InChI=1S/C27H20.C25H20.2C19H16/c1-19-17-24(18-23-8-3-4-10-25(19)23)20-13-15-22(16-14-20)27-12-6-9-21-7-2-5-11-26(21)27;1-19-12-14-22(15-13-19)25-17-23(20-8-4-2-5-9-20)16-24(18-25)21-10-6-3-7-11-21;1-15-10-12-17(13-11-15)19-9-5-8-18(14-19)16-6-3-2-4-7-16;1-15-7-9-17(10-8-15)19-13-11-18(12-14-19)16-5-3-2-4-6-16/h2-18H,1H3;2-18H,1H3;2*2-14H,1H3. The summed E-state index contributed by atoms with van der Waals surface area (Å²) in [5, 5.41) is 5.21. The molecule has 0 nitrogen and oxygen atoms in total. The van der Waals surface area contributed by atoms with Crippen molar-refractivity contribution in [2.45, 2.75) is 27.7 Å². The quantitative estimate of drug-likeness (QED) is 0.135. The molecule has 0 bridgehead atoms. The molecule has 0 aromatic heterocycles. The van der Waals surface area contributed by atoms with Gasteiger partial charge in [-0.2, -0.15) is 0 Å². The van der Waals surface area contributed by atoms with E-state index in [9.17, 15) is 0 Å². The summed E-state index contributed by atoms with van der Waals surface area (Å²) in [6, 6.07) is 130. The molecule has 0 heteroatoms. The normalized spacial score (nSPS) is 10.7. The summed E-state index contributed by atoms with van der Waals surface area (Å²) in [7, 11) is 0. The van der Waals surface area contributed by atoms with Crippen LogP contribution < -0.4 is 0 Å². The second-order valence-corrected chi connectivity index (χ2v) is 23.1. The van der Waals surface area contributed by atoms with Gasteiger partial charge in [0.2, 0.25) is 0 Å². The number of rotatable bonds is 9. The Morgan fingerprint density at radius 3 is 0.833 bits per heavy atom. The molecule has 0 saturated carbocycles. The molecular formula is C90H72. The summed E-state index contributed by atoms with van der Waals surface area (Å²) < 4.78 is 0. The monoisotopic (exact) mass is 1150 g/mol. The predicted octanol–water partition coefficient (Wildman–Crippen LogP) is 25.3. The van der Waals surface area contributed by atoms with Crippen LogP contribution in [0.25, 0.3) is 122 Å². The van der Waals surface area contributed by atoms with Crippen molar-refractivity contribution in [3.05, 3.63) is 386 Å². The van der Waals surface area contributed by atoms with Crippen molar-refractivity contribution in [3.63, 3.8) is 0 Å². The van der Waals surface area contributed by atoms with E-state index < -0.39 is 0 Å². The van der Waals surface area contributed by atoms with Gasteiger partial charge in [0.1, 0.15) is 0 Å². The first-order chi connectivity index (χ1) is 44.2. The third kappa shape index (κ3) is 14.8. The Bertz CT molecular complexity index is 4700. The van der Waals surface area contributed by atoms with E-state index in [1.54, 1.807) is 0 Å². The largest absolute Gasteiger partial charge is 0.0622 e. The zero-order valence-corrected chi connectivity index (χ0v) is 51.6. The average molecular weight is 1150 g/mol. The van der Waals surface area contributed by atoms with E-state index in [1.165, 1.54) is 144 Å². The molecule has 0 fully saturated rings. The van der Waals surface area contributed by atoms with Crippen LogP contribution >= 0.6 is 0 Å². The first-order valence-electron chi connectivity index (χ1n) is 31.1. The third-order valence-corrected chi connectivity index (χ3v) is 16.7. The Balaban J connectivity index is 0.000000118. The topological polar surface area (TPSA) is 0 Å². The zero-order valence-electron chi connectivity index (χ0n) is 51.6. The van der Waals surface area contributed by atoms with E-state index in [1.807, 2.05) is 12.1 Å². The number of hydrogen-bond donors (Lipinski definition) is 0. The van der Waals surface area contributed by atoms with Crippen molar-refractivity contribution >= 4 is 21.5 Å². The summed E-state index contributed by atoms with van der Waals surface area (Å²) in [5.74, 6) is 0. The number of hydrogen-bond acceptors (Lipinski definition) is 0. The van der Waals surface area contributed by atoms with Gasteiger partial charge in [-0.25, -0.2) is 0 Å². The Kier molecular flexibility index (Phi) is 18.8. The van der Waals surface area contributed by atoms with Gasteiger partial charge in [0, 0.05) is 0 Å². The smallest absolute Gasteiger partial charge is 0.0105 e. The van der Waals surface area contributed by atoms with Gasteiger partial charge in [-0.05, 0) is 185 Å². The molecular weight excluding hydrogens is 1080 g/mol. The molecule has 0 heterocycles. The van der Waals surface area contributed by atoms with Crippen LogP contribution in [-0.4, -0.2) is 0 Å².